The molecule has 5 heteroatoms. The minimum absolute atomic E-state index is 0.0126. The van der Waals surface area contributed by atoms with E-state index < -0.39 is 0 Å². The van der Waals surface area contributed by atoms with Crippen molar-refractivity contribution in [2.24, 2.45) is 12.8 Å². The van der Waals surface area contributed by atoms with Crippen LogP contribution in [-0.2, 0) is 7.05 Å². The Morgan fingerprint density at radius 1 is 1.47 bits per heavy atom. The highest BCUT2D eigenvalue weighted by atomic mass is 16.4. The lowest BCUT2D eigenvalue weighted by atomic mass is 10.0. The van der Waals surface area contributed by atoms with Crippen molar-refractivity contribution in [2.75, 3.05) is 7.05 Å². The molecule has 0 aliphatic heterocycles. The van der Waals surface area contributed by atoms with Crippen molar-refractivity contribution in [3.63, 3.8) is 0 Å². The number of oxazole rings is 1. The van der Waals surface area contributed by atoms with E-state index >= 15 is 0 Å². The molecule has 0 aliphatic rings. The molecule has 3 N–H and O–H groups in total. The molecule has 0 saturated carbocycles. The number of fused-ring (bicyclic) bond motifs is 1. The lowest BCUT2D eigenvalue weighted by molar-refractivity contribution is 0.504. The van der Waals surface area contributed by atoms with Gasteiger partial charge in [-0.25, -0.2) is 4.79 Å². The van der Waals surface area contributed by atoms with Gasteiger partial charge in [0.15, 0.2) is 5.58 Å². The van der Waals surface area contributed by atoms with Crippen molar-refractivity contribution < 1.29 is 4.42 Å². The Kier molecular flexibility index (Phi) is 3.04. The molecule has 0 saturated heterocycles. The van der Waals surface area contributed by atoms with E-state index in [-0.39, 0.29) is 17.8 Å². The lowest BCUT2D eigenvalue weighted by Gasteiger charge is -2.20. The van der Waals surface area contributed by atoms with Gasteiger partial charge in [0.1, 0.15) is 0 Å². The second-order valence-electron chi connectivity index (χ2n) is 4.28. The normalized spacial score (nSPS) is 15.1. The van der Waals surface area contributed by atoms with Crippen LogP contribution in [0.4, 0.5) is 0 Å². The fourth-order valence-electron chi connectivity index (χ4n) is 2.07. The molecule has 2 aromatic rings. The van der Waals surface area contributed by atoms with Crippen LogP contribution in [0, 0.1) is 0 Å². The van der Waals surface area contributed by atoms with Gasteiger partial charge in [0.2, 0.25) is 0 Å². The van der Waals surface area contributed by atoms with Crippen molar-refractivity contribution in [1.82, 2.24) is 9.88 Å². The van der Waals surface area contributed by atoms with Gasteiger partial charge in [0, 0.05) is 19.1 Å². The molecule has 0 radical (unpaired) electrons. The molecule has 2 rings (SSSR count). The van der Waals surface area contributed by atoms with E-state index in [0.717, 1.165) is 11.1 Å². The molecule has 1 heterocycles. The van der Waals surface area contributed by atoms with Gasteiger partial charge in [0.25, 0.3) is 0 Å². The Hall–Kier alpha value is -1.59. The van der Waals surface area contributed by atoms with Gasteiger partial charge in [-0.1, -0.05) is 6.07 Å². The highest BCUT2D eigenvalue weighted by Crippen LogP contribution is 2.20. The number of nitrogens with zero attached hydrogens (tertiary/aromatic N) is 1. The van der Waals surface area contributed by atoms with E-state index in [9.17, 15) is 4.79 Å². The summed E-state index contributed by atoms with van der Waals surface area (Å²) >= 11 is 0. The summed E-state index contributed by atoms with van der Waals surface area (Å²) in [5.41, 5.74) is 8.34. The van der Waals surface area contributed by atoms with Gasteiger partial charge < -0.3 is 15.5 Å². The third-order valence-electron chi connectivity index (χ3n) is 3.01. The van der Waals surface area contributed by atoms with Gasteiger partial charge in [-0.2, -0.15) is 0 Å². The van der Waals surface area contributed by atoms with E-state index in [2.05, 4.69) is 5.32 Å². The zero-order chi connectivity index (χ0) is 12.6. The first kappa shape index (κ1) is 11.9. The fraction of sp³-hybridized carbons (Fsp3) is 0.417. The monoisotopic (exact) mass is 235 g/mol. The maximum atomic E-state index is 11.4. The molecule has 1 aromatic heterocycles. The van der Waals surface area contributed by atoms with Gasteiger partial charge in [-0.05, 0) is 31.7 Å². The summed E-state index contributed by atoms with van der Waals surface area (Å²) in [4.78, 5) is 11.4. The molecule has 17 heavy (non-hydrogen) atoms. The van der Waals surface area contributed by atoms with E-state index in [1.165, 1.54) is 4.57 Å². The number of aryl methyl sites for hydroxylation is 1. The van der Waals surface area contributed by atoms with Gasteiger partial charge in [-0.15, -0.1) is 0 Å². The lowest BCUT2D eigenvalue weighted by Crippen LogP contribution is -2.33. The molecule has 0 spiro atoms. The largest absolute Gasteiger partial charge is 0.419 e. The van der Waals surface area contributed by atoms with Gasteiger partial charge >= 0.3 is 5.76 Å². The average Bonchev–Trinajstić information content (AvgIpc) is 2.56. The van der Waals surface area contributed by atoms with E-state index in [0.29, 0.717) is 5.58 Å². The predicted molar refractivity (Wildman–Crippen MR) is 66.9 cm³/mol. The summed E-state index contributed by atoms with van der Waals surface area (Å²) in [6.07, 6.45) is 0. The fourth-order valence-corrected chi connectivity index (χ4v) is 2.07. The number of nitrogens with one attached hydrogen (secondary N) is 1. The number of rotatable bonds is 3. The summed E-state index contributed by atoms with van der Waals surface area (Å²) < 4.78 is 6.58. The molecule has 0 bridgehead atoms. The van der Waals surface area contributed by atoms with Crippen LogP contribution in [-0.4, -0.2) is 17.7 Å². The van der Waals surface area contributed by atoms with Crippen LogP contribution in [0.2, 0.25) is 0 Å². The van der Waals surface area contributed by atoms with Crippen molar-refractivity contribution in [3.8, 4) is 0 Å². The molecule has 0 amide bonds. The number of aromatic nitrogens is 1. The number of likely N-dealkylation sites (N-methyl/N-ethyl adjacent to an activating group) is 1. The second-order valence-corrected chi connectivity index (χ2v) is 4.28. The van der Waals surface area contributed by atoms with Crippen LogP contribution >= 0.6 is 0 Å². The van der Waals surface area contributed by atoms with Crippen LogP contribution in [0.1, 0.15) is 18.5 Å². The first-order chi connectivity index (χ1) is 8.04. The number of hydrogen-bond donors (Lipinski definition) is 2. The number of hydrogen-bond acceptors (Lipinski definition) is 4. The Labute approximate surface area is 99.2 Å². The molecule has 0 fully saturated rings. The summed E-state index contributed by atoms with van der Waals surface area (Å²) in [6.45, 7) is 1.94. The Bertz CT molecular complexity index is 583. The van der Waals surface area contributed by atoms with Crippen LogP contribution in [0.15, 0.2) is 27.4 Å². The summed E-state index contributed by atoms with van der Waals surface area (Å²) in [5.74, 6) is -0.348. The van der Waals surface area contributed by atoms with E-state index in [1.807, 2.05) is 26.1 Å². The Morgan fingerprint density at radius 2 is 2.18 bits per heavy atom. The zero-order valence-electron chi connectivity index (χ0n) is 10.2. The van der Waals surface area contributed by atoms with Gasteiger partial charge in [-0.3, -0.25) is 4.57 Å². The molecule has 1 aromatic carbocycles. The highest BCUT2D eigenvalue weighted by molar-refractivity contribution is 5.73. The number of benzene rings is 1. The summed E-state index contributed by atoms with van der Waals surface area (Å²) in [5, 5.41) is 3.17. The van der Waals surface area contributed by atoms with Crippen LogP contribution in [0.3, 0.4) is 0 Å². The zero-order valence-corrected chi connectivity index (χ0v) is 10.2. The first-order valence-electron chi connectivity index (χ1n) is 5.57. The van der Waals surface area contributed by atoms with E-state index in [4.69, 9.17) is 10.2 Å². The van der Waals surface area contributed by atoms with Gasteiger partial charge in [0.05, 0.1) is 5.52 Å². The molecule has 5 nitrogen and oxygen atoms in total. The maximum absolute atomic E-state index is 11.4. The smallest absolute Gasteiger partial charge is 0.408 e. The molecule has 2 unspecified atom stereocenters. The van der Waals surface area contributed by atoms with Crippen LogP contribution in [0.5, 0.6) is 0 Å². The molecule has 0 aliphatic carbocycles. The quantitative estimate of drug-likeness (QED) is 0.823. The number of nitrogens with two attached hydrogens (primary N) is 1. The highest BCUT2D eigenvalue weighted by Gasteiger charge is 2.15. The summed E-state index contributed by atoms with van der Waals surface area (Å²) in [7, 11) is 3.56. The summed E-state index contributed by atoms with van der Waals surface area (Å²) in [6, 6.07) is 5.71. The average molecular weight is 235 g/mol. The third kappa shape index (κ3) is 1.99. The van der Waals surface area contributed by atoms with Crippen LogP contribution in [0.25, 0.3) is 11.1 Å². The Morgan fingerprint density at radius 3 is 2.76 bits per heavy atom. The third-order valence-corrected chi connectivity index (χ3v) is 3.01. The molecule has 92 valence electrons. The SMILES string of the molecule is CNC(c1ccc2oc(=O)n(C)c2c1)C(C)N. The molecular weight excluding hydrogens is 218 g/mol. The second kappa shape index (κ2) is 4.35. The first-order valence-corrected chi connectivity index (χ1v) is 5.57. The maximum Gasteiger partial charge on any atom is 0.419 e. The predicted octanol–water partition coefficient (Wildman–Crippen LogP) is 0.739. The topological polar surface area (TPSA) is 73.2 Å². The molecule has 2 atom stereocenters. The molecular formula is C12H17N3O2. The minimum Gasteiger partial charge on any atom is -0.408 e. The van der Waals surface area contributed by atoms with E-state index in [1.54, 1.807) is 13.1 Å². The van der Waals surface area contributed by atoms with Crippen molar-refractivity contribution in [1.29, 1.82) is 0 Å². The Balaban J connectivity index is 2.57. The van der Waals surface area contributed by atoms with Crippen molar-refractivity contribution >= 4 is 11.1 Å². The van der Waals surface area contributed by atoms with Crippen molar-refractivity contribution in [2.45, 2.75) is 19.0 Å². The minimum atomic E-state index is -0.348. The van der Waals surface area contributed by atoms with Crippen LogP contribution < -0.4 is 16.8 Å². The van der Waals surface area contributed by atoms with Crippen molar-refractivity contribution in [3.05, 3.63) is 34.3 Å². The standard InChI is InChI=1S/C12H17N3O2/c1-7(13)11(14-2)8-4-5-10-9(6-8)15(3)12(16)17-10/h4-7,11,14H,13H2,1-3H3.